The van der Waals surface area contributed by atoms with Crippen LogP contribution in [0.3, 0.4) is 0 Å². The summed E-state index contributed by atoms with van der Waals surface area (Å²) in [7, 11) is 3.00. The van der Waals surface area contributed by atoms with Gasteiger partial charge in [-0.25, -0.2) is 0 Å². The third kappa shape index (κ3) is 23.8. The summed E-state index contributed by atoms with van der Waals surface area (Å²) >= 11 is 0. The van der Waals surface area contributed by atoms with Gasteiger partial charge in [-0.3, -0.25) is 0 Å². The smallest absolute Gasteiger partial charge is 0.475 e. The van der Waals surface area contributed by atoms with E-state index in [9.17, 15) is 0 Å². The maximum Gasteiger partial charge on any atom is 0.475 e. The van der Waals surface area contributed by atoms with E-state index >= 15 is 0 Å². The molecule has 0 amide bonds. The van der Waals surface area contributed by atoms with E-state index in [1.165, 1.54) is 109 Å². The monoisotopic (exact) mass is 1760 g/mol. The molecule has 12 aromatic rings. The molecule has 2 radical (unpaired) electrons. The van der Waals surface area contributed by atoms with E-state index in [-0.39, 0.29) is 66.5 Å². The van der Waals surface area contributed by atoms with Crippen molar-refractivity contribution in [2.45, 2.75) is 149 Å². The molecule has 0 unspecified atom stereocenters. The van der Waals surface area contributed by atoms with Crippen LogP contribution < -0.4 is 20.2 Å². The number of rotatable bonds is 12. The van der Waals surface area contributed by atoms with Gasteiger partial charge in [0, 0.05) is 65.0 Å². The van der Waals surface area contributed by atoms with E-state index in [1.54, 1.807) is 19.5 Å². The van der Waals surface area contributed by atoms with E-state index in [2.05, 4.69) is 216 Å². The van der Waals surface area contributed by atoms with Gasteiger partial charge in [-0.2, -0.15) is 0 Å². The van der Waals surface area contributed by atoms with Gasteiger partial charge in [0.1, 0.15) is 11.5 Å². The predicted octanol–water partition coefficient (Wildman–Crippen LogP) is 22.5. The predicted molar refractivity (Wildman–Crippen MR) is 431 cm³/mol. The SMILES string of the molecule is COc1cccc(OC)c1-c1ccccc1P(C1CCCCC1)C1CCCCC1.Cc1ccccc1.Cc1ccnc(-c2[c-]ccc(-c3ccccc3)c2)c1.Cc1ccnc(-c2[c-]ccc(B3OC(C)(C)C(C)(C)O3)c2)c1.Cc1ccnc(-c2[c-]cccc2)c1.Cc1ccnc(-c2[c-]cccc2)c1.[Ir].[Ir]. The van der Waals surface area contributed by atoms with Gasteiger partial charge in [-0.05, 0) is 175 Å². The van der Waals surface area contributed by atoms with Crippen LogP contribution in [0.2, 0.25) is 0 Å². The summed E-state index contributed by atoms with van der Waals surface area (Å²) in [6.45, 7) is 18.6. The van der Waals surface area contributed by atoms with Crippen LogP contribution in [0.5, 0.6) is 11.5 Å². The molecular weight excluding hydrogens is 1660 g/mol. The number of methoxy groups -OCH3 is 2. The Morgan fingerprint density at radius 1 is 0.381 bits per heavy atom. The van der Waals surface area contributed by atoms with E-state index in [0.717, 1.165) is 78.9 Å². The quantitative estimate of drug-likeness (QED) is 0.0679. The molecule has 3 fully saturated rings. The van der Waals surface area contributed by atoms with Gasteiger partial charge in [0.05, 0.1) is 31.0 Å². The van der Waals surface area contributed by atoms with Crippen LogP contribution in [-0.4, -0.2) is 63.8 Å². The molecule has 0 N–H and O–H groups in total. The first kappa shape index (κ1) is 82.3. The van der Waals surface area contributed by atoms with Crippen molar-refractivity contribution in [2.24, 2.45) is 0 Å². The summed E-state index contributed by atoms with van der Waals surface area (Å²) in [6, 6.07) is 92.8. The fraction of sp³-hybridized carbons (Fsp3) is 0.269. The molecule has 544 valence electrons. The van der Waals surface area contributed by atoms with Crippen molar-refractivity contribution in [3.05, 3.63) is 313 Å². The second-order valence-electron chi connectivity index (χ2n) is 27.6. The molecule has 0 spiro atoms. The molecule has 1 aliphatic heterocycles. The number of hydrogen-bond donors (Lipinski definition) is 0. The van der Waals surface area contributed by atoms with Crippen molar-refractivity contribution in [1.29, 1.82) is 0 Å². The van der Waals surface area contributed by atoms with Gasteiger partial charge in [0.25, 0.3) is 0 Å². The topological polar surface area (TPSA) is 88.5 Å². The van der Waals surface area contributed by atoms with Gasteiger partial charge >= 0.3 is 7.12 Å². The molecular formula is C93H98BIr2N4O4P-4. The minimum atomic E-state index is -0.358. The third-order valence-electron chi connectivity index (χ3n) is 19.2. The Balaban J connectivity index is 0.000000166. The zero-order chi connectivity index (χ0) is 72.4. The van der Waals surface area contributed by atoms with E-state index in [4.69, 9.17) is 18.8 Å². The molecule has 4 aromatic heterocycles. The summed E-state index contributed by atoms with van der Waals surface area (Å²) in [5.74, 6) is 1.83. The Labute approximate surface area is 655 Å². The Kier molecular flexibility index (Phi) is 32.6. The number of hydrogen-bond acceptors (Lipinski definition) is 8. The van der Waals surface area contributed by atoms with Crippen LogP contribution in [0.4, 0.5) is 0 Å². The van der Waals surface area contributed by atoms with Gasteiger partial charge in [0.2, 0.25) is 0 Å². The fourth-order valence-corrected chi connectivity index (χ4v) is 16.9. The summed E-state index contributed by atoms with van der Waals surface area (Å²) in [4.78, 5) is 17.4. The van der Waals surface area contributed by atoms with E-state index in [1.807, 2.05) is 152 Å². The minimum absolute atomic E-state index is 0. The third-order valence-corrected chi connectivity index (χ3v) is 22.8. The number of ether oxygens (including phenoxy) is 2. The fourth-order valence-electron chi connectivity index (χ4n) is 13.0. The first-order chi connectivity index (χ1) is 50.1. The maximum atomic E-state index is 6.11. The first-order valence-corrected chi connectivity index (χ1v) is 37.7. The van der Waals surface area contributed by atoms with Crippen LogP contribution in [0.15, 0.2) is 261 Å². The molecule has 15 rings (SSSR count). The van der Waals surface area contributed by atoms with Crippen LogP contribution in [0.1, 0.15) is 120 Å². The van der Waals surface area contributed by atoms with Gasteiger partial charge < -0.3 is 38.7 Å². The van der Waals surface area contributed by atoms with Crippen LogP contribution in [0, 0.1) is 58.9 Å². The Bertz CT molecular complexity index is 4420. The maximum absolute atomic E-state index is 6.11. The average Bonchev–Trinajstić information content (AvgIpc) is 1.77. The van der Waals surface area contributed by atoms with Gasteiger partial charge in [-0.15, -0.1) is 142 Å². The number of aromatic nitrogens is 4. The van der Waals surface area contributed by atoms with Crippen LogP contribution in [0.25, 0.3) is 67.3 Å². The van der Waals surface area contributed by atoms with Crippen molar-refractivity contribution in [3.63, 3.8) is 0 Å². The average molecular weight is 1760 g/mol. The second-order valence-corrected chi connectivity index (χ2v) is 30.4. The number of aryl methyl sites for hydroxylation is 5. The van der Waals surface area contributed by atoms with Crippen molar-refractivity contribution < 1.29 is 59.0 Å². The second kappa shape index (κ2) is 41.5. The number of pyridine rings is 4. The van der Waals surface area contributed by atoms with Gasteiger partial charge in [0.15, 0.2) is 0 Å². The molecule has 0 bridgehead atoms. The van der Waals surface area contributed by atoms with Crippen molar-refractivity contribution in [3.8, 4) is 78.8 Å². The largest absolute Gasteiger partial charge is 0.496 e. The van der Waals surface area contributed by atoms with Crippen molar-refractivity contribution in [1.82, 2.24) is 19.9 Å². The standard InChI is InChI=1S/C26H35O2P.C18H21BNO2.C18H14N.2C12H10N.C7H8.2Ir/c1-27-23-17-11-18-24(28-2)26(23)22-16-9-10-19-25(22)29(20-12-5-3-6-13-20)21-14-7-4-8-15-21;1-13-9-10-20-16(11-13)14-7-6-8-15(12-14)19-21-17(2,3)18(4,5)22-19;1-14-10-11-19-18(12-14)17-9-5-8-16(13-17)15-6-3-2-4-7-15;2*1-10-7-8-13-12(9-10)11-5-3-2-4-6-11;1-7-5-3-2-4-6-7;;/h9-11,16-21H,3-8,12-15H2,1-2H3;6,8-12H,1-5H3;2-8,10-13H,1H3;2*2-5,7-9H,1H3;2-6H,1H3;;/q;4*-1;;;. The van der Waals surface area contributed by atoms with E-state index in [0.29, 0.717) is 0 Å². The van der Waals surface area contributed by atoms with Crippen LogP contribution in [-0.2, 0) is 49.5 Å². The number of benzene rings is 8. The normalized spacial score (nSPS) is 14.2. The molecule has 3 aliphatic rings. The van der Waals surface area contributed by atoms with Crippen molar-refractivity contribution in [2.75, 3.05) is 14.2 Å². The molecule has 2 saturated carbocycles. The molecule has 8 nitrogen and oxygen atoms in total. The Morgan fingerprint density at radius 3 is 1.20 bits per heavy atom. The summed E-state index contributed by atoms with van der Waals surface area (Å²) in [5, 5.41) is 1.59. The molecule has 105 heavy (non-hydrogen) atoms. The molecule has 12 heteroatoms. The Hall–Kier alpha value is -8.33. The zero-order valence-electron chi connectivity index (χ0n) is 62.7. The van der Waals surface area contributed by atoms with E-state index < -0.39 is 0 Å². The Morgan fingerprint density at radius 2 is 0.781 bits per heavy atom. The van der Waals surface area contributed by atoms with Gasteiger partial charge in [-0.1, -0.05) is 190 Å². The summed E-state index contributed by atoms with van der Waals surface area (Å²) < 4.78 is 23.8. The van der Waals surface area contributed by atoms with Crippen LogP contribution >= 0.6 is 7.92 Å². The summed E-state index contributed by atoms with van der Waals surface area (Å²) in [6.07, 6.45) is 21.5. The first-order valence-electron chi connectivity index (χ1n) is 36.3. The zero-order valence-corrected chi connectivity index (χ0v) is 68.3. The molecule has 2 aliphatic carbocycles. The number of nitrogens with zero attached hydrogens (tertiary/aromatic N) is 4. The molecule has 0 atom stereocenters. The molecule has 8 aromatic carbocycles. The summed E-state index contributed by atoms with van der Waals surface area (Å²) in [5.41, 5.74) is 21.1. The molecule has 5 heterocycles. The van der Waals surface area contributed by atoms with Crippen molar-refractivity contribution >= 4 is 25.8 Å². The molecule has 1 saturated heterocycles. The minimum Gasteiger partial charge on any atom is -0.496 e.